The van der Waals surface area contributed by atoms with Crippen molar-refractivity contribution in [2.24, 2.45) is 17.1 Å². The van der Waals surface area contributed by atoms with Crippen molar-refractivity contribution in [2.45, 2.75) is 32.6 Å². The fourth-order valence-corrected chi connectivity index (χ4v) is 3.28. The van der Waals surface area contributed by atoms with E-state index in [1.165, 1.54) is 58.4 Å². The Kier molecular flexibility index (Phi) is 4.45. The third-order valence-electron chi connectivity index (χ3n) is 4.92. The van der Waals surface area contributed by atoms with Gasteiger partial charge in [0.2, 0.25) is 0 Å². The Balaban J connectivity index is 1.86. The third-order valence-corrected chi connectivity index (χ3v) is 4.92. The van der Waals surface area contributed by atoms with Crippen molar-refractivity contribution in [3.05, 3.63) is 0 Å². The molecule has 2 rings (SSSR count). The number of hydrogen-bond acceptors (Lipinski definition) is 3. The lowest BCUT2D eigenvalue weighted by Crippen LogP contribution is -2.51. The topological polar surface area (TPSA) is 32.5 Å². The summed E-state index contributed by atoms with van der Waals surface area (Å²) in [6, 6.07) is 0. The van der Waals surface area contributed by atoms with Crippen molar-refractivity contribution in [2.75, 3.05) is 46.3 Å². The van der Waals surface area contributed by atoms with Gasteiger partial charge in [-0.2, -0.15) is 0 Å². The quantitative estimate of drug-likeness (QED) is 0.808. The molecule has 1 aliphatic carbocycles. The van der Waals surface area contributed by atoms with Gasteiger partial charge in [-0.25, -0.2) is 0 Å². The minimum Gasteiger partial charge on any atom is -0.330 e. The second-order valence-corrected chi connectivity index (χ2v) is 6.47. The molecular weight excluding hydrogens is 210 g/mol. The van der Waals surface area contributed by atoms with E-state index in [1.807, 2.05) is 0 Å². The highest BCUT2D eigenvalue weighted by molar-refractivity contribution is 4.89. The Morgan fingerprint density at radius 3 is 2.24 bits per heavy atom. The first-order valence-electron chi connectivity index (χ1n) is 7.24. The minimum absolute atomic E-state index is 0.433. The third kappa shape index (κ3) is 3.43. The SMILES string of the molecule is CC1CCC(CN)(CN2CCN(C)CC2)CC1. The van der Waals surface area contributed by atoms with Crippen LogP contribution in [0.2, 0.25) is 0 Å². The summed E-state index contributed by atoms with van der Waals surface area (Å²) >= 11 is 0. The summed E-state index contributed by atoms with van der Waals surface area (Å²) in [5.74, 6) is 0.919. The Morgan fingerprint density at radius 2 is 1.71 bits per heavy atom. The Labute approximate surface area is 106 Å². The normalized spacial score (nSPS) is 37.2. The minimum atomic E-state index is 0.433. The largest absolute Gasteiger partial charge is 0.330 e. The zero-order chi connectivity index (χ0) is 12.3. The molecule has 0 unspecified atom stereocenters. The molecule has 0 bridgehead atoms. The second kappa shape index (κ2) is 5.68. The zero-order valence-electron chi connectivity index (χ0n) is 11.6. The zero-order valence-corrected chi connectivity index (χ0v) is 11.6. The Bertz CT molecular complexity index is 226. The number of nitrogens with zero attached hydrogens (tertiary/aromatic N) is 2. The van der Waals surface area contributed by atoms with Crippen molar-refractivity contribution < 1.29 is 0 Å². The lowest BCUT2D eigenvalue weighted by atomic mass is 9.70. The number of piperazine rings is 1. The van der Waals surface area contributed by atoms with E-state index in [2.05, 4.69) is 23.8 Å². The van der Waals surface area contributed by atoms with Gasteiger partial charge >= 0.3 is 0 Å². The molecule has 0 aromatic heterocycles. The highest BCUT2D eigenvalue weighted by Crippen LogP contribution is 2.38. The van der Waals surface area contributed by atoms with Gasteiger partial charge in [0.05, 0.1) is 0 Å². The molecule has 2 N–H and O–H groups in total. The van der Waals surface area contributed by atoms with E-state index in [1.54, 1.807) is 0 Å². The average molecular weight is 239 g/mol. The summed E-state index contributed by atoms with van der Waals surface area (Å²) in [7, 11) is 2.22. The molecule has 17 heavy (non-hydrogen) atoms. The first kappa shape index (κ1) is 13.3. The lowest BCUT2D eigenvalue weighted by molar-refractivity contribution is 0.0653. The van der Waals surface area contributed by atoms with Gasteiger partial charge in [-0.3, -0.25) is 0 Å². The van der Waals surface area contributed by atoms with Crippen molar-refractivity contribution in [3.8, 4) is 0 Å². The maximum absolute atomic E-state index is 6.09. The molecular formula is C14H29N3. The molecule has 1 aliphatic heterocycles. The molecule has 1 saturated heterocycles. The summed E-state index contributed by atoms with van der Waals surface area (Å²) < 4.78 is 0. The maximum atomic E-state index is 6.09. The molecule has 3 heteroatoms. The van der Waals surface area contributed by atoms with Crippen LogP contribution >= 0.6 is 0 Å². The molecule has 2 aliphatic rings. The van der Waals surface area contributed by atoms with E-state index in [9.17, 15) is 0 Å². The Hall–Kier alpha value is -0.120. The van der Waals surface area contributed by atoms with Crippen molar-refractivity contribution in [1.29, 1.82) is 0 Å². The smallest absolute Gasteiger partial charge is 0.0110 e. The first-order valence-corrected chi connectivity index (χ1v) is 7.24. The van der Waals surface area contributed by atoms with Crippen molar-refractivity contribution >= 4 is 0 Å². The molecule has 0 amide bonds. The van der Waals surface area contributed by atoms with Crippen LogP contribution in [0.4, 0.5) is 0 Å². The number of likely N-dealkylation sites (N-methyl/N-ethyl adjacent to an activating group) is 1. The van der Waals surface area contributed by atoms with E-state index in [-0.39, 0.29) is 0 Å². The first-order chi connectivity index (χ1) is 8.13. The number of rotatable bonds is 3. The van der Waals surface area contributed by atoms with Crippen LogP contribution in [0.25, 0.3) is 0 Å². The molecule has 1 saturated carbocycles. The molecule has 0 aromatic carbocycles. The van der Waals surface area contributed by atoms with Crippen LogP contribution in [0, 0.1) is 11.3 Å². The molecule has 0 aromatic rings. The van der Waals surface area contributed by atoms with Gasteiger partial charge < -0.3 is 15.5 Å². The average Bonchev–Trinajstić information content (AvgIpc) is 2.35. The van der Waals surface area contributed by atoms with Gasteiger partial charge in [-0.05, 0) is 37.8 Å². The van der Waals surface area contributed by atoms with Crippen molar-refractivity contribution in [1.82, 2.24) is 9.80 Å². The summed E-state index contributed by atoms with van der Waals surface area (Å²) in [6.07, 6.45) is 5.45. The van der Waals surface area contributed by atoms with Crippen LogP contribution in [0.1, 0.15) is 32.6 Å². The van der Waals surface area contributed by atoms with Crippen LogP contribution in [0.5, 0.6) is 0 Å². The van der Waals surface area contributed by atoms with E-state index < -0.39 is 0 Å². The second-order valence-electron chi connectivity index (χ2n) is 6.47. The fourth-order valence-electron chi connectivity index (χ4n) is 3.28. The van der Waals surface area contributed by atoms with Crippen LogP contribution < -0.4 is 5.73 Å². The van der Waals surface area contributed by atoms with E-state index >= 15 is 0 Å². The Morgan fingerprint density at radius 1 is 1.12 bits per heavy atom. The monoisotopic (exact) mass is 239 g/mol. The van der Waals surface area contributed by atoms with Gasteiger partial charge in [0.25, 0.3) is 0 Å². The highest BCUT2D eigenvalue weighted by Gasteiger charge is 2.35. The fraction of sp³-hybridized carbons (Fsp3) is 1.00. The molecule has 0 atom stereocenters. The molecule has 100 valence electrons. The summed E-state index contributed by atoms with van der Waals surface area (Å²) in [5.41, 5.74) is 6.52. The predicted octanol–water partition coefficient (Wildman–Crippen LogP) is 1.39. The van der Waals surface area contributed by atoms with Gasteiger partial charge in [-0.15, -0.1) is 0 Å². The molecule has 2 fully saturated rings. The predicted molar refractivity (Wildman–Crippen MR) is 73.1 cm³/mol. The van der Waals surface area contributed by atoms with Gasteiger partial charge in [0, 0.05) is 32.7 Å². The lowest BCUT2D eigenvalue weighted by Gasteiger charge is -2.44. The van der Waals surface area contributed by atoms with Gasteiger partial charge in [0.1, 0.15) is 0 Å². The van der Waals surface area contributed by atoms with Crippen LogP contribution in [-0.2, 0) is 0 Å². The van der Waals surface area contributed by atoms with Crippen LogP contribution in [0.3, 0.4) is 0 Å². The molecule has 0 radical (unpaired) electrons. The van der Waals surface area contributed by atoms with Crippen molar-refractivity contribution in [3.63, 3.8) is 0 Å². The molecule has 1 heterocycles. The summed E-state index contributed by atoms with van der Waals surface area (Å²) in [4.78, 5) is 5.07. The maximum Gasteiger partial charge on any atom is 0.0110 e. The van der Waals surface area contributed by atoms with Crippen LogP contribution in [-0.4, -0.2) is 56.1 Å². The van der Waals surface area contributed by atoms with Gasteiger partial charge in [0.15, 0.2) is 0 Å². The summed E-state index contributed by atoms with van der Waals surface area (Å²) in [5, 5.41) is 0. The highest BCUT2D eigenvalue weighted by atomic mass is 15.2. The van der Waals surface area contributed by atoms with E-state index in [0.29, 0.717) is 5.41 Å². The number of hydrogen-bond donors (Lipinski definition) is 1. The van der Waals surface area contributed by atoms with Gasteiger partial charge in [-0.1, -0.05) is 19.8 Å². The standard InChI is InChI=1S/C14H29N3/c1-13-3-5-14(11-15,6-4-13)12-17-9-7-16(2)8-10-17/h13H,3-12,15H2,1-2H3. The molecule has 3 nitrogen and oxygen atoms in total. The summed E-state index contributed by atoms with van der Waals surface area (Å²) in [6.45, 7) is 9.40. The van der Waals surface area contributed by atoms with E-state index in [4.69, 9.17) is 5.73 Å². The van der Waals surface area contributed by atoms with Crippen LogP contribution in [0.15, 0.2) is 0 Å². The van der Waals surface area contributed by atoms with E-state index in [0.717, 1.165) is 12.5 Å². The molecule has 0 spiro atoms. The number of nitrogens with two attached hydrogens (primary N) is 1.